The van der Waals surface area contributed by atoms with E-state index in [4.69, 9.17) is 0 Å². The highest BCUT2D eigenvalue weighted by Crippen LogP contribution is 2.30. The Morgan fingerprint density at radius 2 is 2.04 bits per heavy atom. The lowest BCUT2D eigenvalue weighted by molar-refractivity contribution is -0.116. The summed E-state index contributed by atoms with van der Waals surface area (Å²) in [6.07, 6.45) is 1.79. The lowest BCUT2D eigenvalue weighted by Crippen LogP contribution is -2.33. The van der Waals surface area contributed by atoms with E-state index in [1.807, 2.05) is 12.1 Å². The molecule has 0 unspecified atom stereocenters. The average molecular weight is 358 g/mol. The number of carbonyl (C=O) groups is 2. The van der Waals surface area contributed by atoms with Gasteiger partial charge in [-0.25, -0.2) is 4.39 Å². The predicted octanol–water partition coefficient (Wildman–Crippen LogP) is 3.86. The van der Waals surface area contributed by atoms with Crippen molar-refractivity contribution in [1.29, 1.82) is 0 Å². The number of hydrogen-bond acceptors (Lipinski definition) is 3. The fraction of sp³-hybridized carbons (Fsp3) is 0.263. The molecule has 0 fully saturated rings. The second kappa shape index (κ2) is 7.70. The molecule has 0 spiro atoms. The van der Waals surface area contributed by atoms with Gasteiger partial charge < -0.3 is 10.2 Å². The van der Waals surface area contributed by atoms with E-state index in [1.54, 1.807) is 36.1 Å². The van der Waals surface area contributed by atoms with Gasteiger partial charge in [-0.05, 0) is 48.7 Å². The topological polar surface area (TPSA) is 49.4 Å². The number of benzene rings is 2. The van der Waals surface area contributed by atoms with Gasteiger partial charge in [0.25, 0.3) is 0 Å². The number of halogens is 1. The molecule has 1 aliphatic rings. The van der Waals surface area contributed by atoms with Crippen molar-refractivity contribution in [2.45, 2.75) is 24.7 Å². The summed E-state index contributed by atoms with van der Waals surface area (Å²) in [5, 5.41) is 2.84. The van der Waals surface area contributed by atoms with E-state index >= 15 is 0 Å². The van der Waals surface area contributed by atoms with E-state index < -0.39 is 0 Å². The third-order valence-electron chi connectivity index (χ3n) is 4.06. The third kappa shape index (κ3) is 4.20. The van der Waals surface area contributed by atoms with E-state index in [0.29, 0.717) is 10.6 Å². The van der Waals surface area contributed by atoms with Crippen LogP contribution < -0.4 is 10.2 Å². The Morgan fingerprint density at radius 3 is 2.80 bits per heavy atom. The number of nitrogens with zero attached hydrogens (tertiary/aromatic N) is 1. The summed E-state index contributed by atoms with van der Waals surface area (Å²) in [5.41, 5.74) is 2.67. The summed E-state index contributed by atoms with van der Waals surface area (Å²) >= 11 is 1.17. The standard InChI is InChI=1S/C19H19FN2O2S/c1-13(23)22-10-4-5-14-11-15(8-9-17(14)22)21-19(24)12-25-18-7-3-2-6-16(18)20/h2-3,6-9,11H,4-5,10,12H2,1H3,(H,21,24). The van der Waals surface area contributed by atoms with Crippen LogP contribution in [-0.2, 0) is 16.0 Å². The first-order valence-corrected chi connectivity index (χ1v) is 9.11. The summed E-state index contributed by atoms with van der Waals surface area (Å²) in [4.78, 5) is 26.0. The van der Waals surface area contributed by atoms with Crippen molar-refractivity contribution in [3.05, 3.63) is 53.8 Å². The molecular weight excluding hydrogens is 339 g/mol. The van der Waals surface area contributed by atoms with E-state index in [0.717, 1.165) is 30.6 Å². The van der Waals surface area contributed by atoms with Crippen LogP contribution in [-0.4, -0.2) is 24.1 Å². The van der Waals surface area contributed by atoms with Gasteiger partial charge in [0.05, 0.1) is 5.75 Å². The van der Waals surface area contributed by atoms with Crippen LogP contribution in [0.4, 0.5) is 15.8 Å². The molecule has 130 valence electrons. The molecule has 0 bridgehead atoms. The number of nitrogens with one attached hydrogen (secondary N) is 1. The molecule has 3 rings (SSSR count). The molecule has 25 heavy (non-hydrogen) atoms. The fourth-order valence-corrected chi connectivity index (χ4v) is 3.64. The van der Waals surface area contributed by atoms with E-state index in [9.17, 15) is 14.0 Å². The summed E-state index contributed by atoms with van der Waals surface area (Å²) < 4.78 is 13.6. The Kier molecular flexibility index (Phi) is 5.38. The van der Waals surface area contributed by atoms with Crippen molar-refractivity contribution in [3.8, 4) is 0 Å². The van der Waals surface area contributed by atoms with Crippen molar-refractivity contribution in [3.63, 3.8) is 0 Å². The smallest absolute Gasteiger partial charge is 0.234 e. The number of carbonyl (C=O) groups excluding carboxylic acids is 2. The van der Waals surface area contributed by atoms with E-state index in [-0.39, 0.29) is 23.4 Å². The van der Waals surface area contributed by atoms with E-state index in [2.05, 4.69) is 5.32 Å². The van der Waals surface area contributed by atoms with Gasteiger partial charge in [0.15, 0.2) is 0 Å². The van der Waals surface area contributed by atoms with Crippen LogP contribution in [0.15, 0.2) is 47.4 Å². The van der Waals surface area contributed by atoms with Crippen LogP contribution in [0.25, 0.3) is 0 Å². The van der Waals surface area contributed by atoms with Gasteiger partial charge in [-0.1, -0.05) is 12.1 Å². The van der Waals surface area contributed by atoms with Gasteiger partial charge in [-0.15, -0.1) is 11.8 Å². The van der Waals surface area contributed by atoms with Crippen LogP contribution in [0.2, 0.25) is 0 Å². The first kappa shape index (κ1) is 17.5. The van der Waals surface area contributed by atoms with Gasteiger partial charge >= 0.3 is 0 Å². The van der Waals surface area contributed by atoms with Crippen molar-refractivity contribution >= 4 is 35.0 Å². The molecule has 4 nitrogen and oxygen atoms in total. The molecule has 0 atom stereocenters. The largest absolute Gasteiger partial charge is 0.325 e. The second-order valence-corrected chi connectivity index (χ2v) is 6.90. The molecule has 0 saturated carbocycles. The van der Waals surface area contributed by atoms with Gasteiger partial charge in [0, 0.05) is 29.7 Å². The molecule has 6 heteroatoms. The quantitative estimate of drug-likeness (QED) is 0.845. The zero-order valence-corrected chi connectivity index (χ0v) is 14.7. The minimum absolute atomic E-state index is 0.0269. The van der Waals surface area contributed by atoms with Crippen molar-refractivity contribution in [1.82, 2.24) is 0 Å². The second-order valence-electron chi connectivity index (χ2n) is 5.88. The van der Waals surface area contributed by atoms with Crippen molar-refractivity contribution < 1.29 is 14.0 Å². The minimum Gasteiger partial charge on any atom is -0.325 e. The summed E-state index contributed by atoms with van der Waals surface area (Å²) in [7, 11) is 0. The molecule has 2 aromatic carbocycles. The molecule has 1 N–H and O–H groups in total. The van der Waals surface area contributed by atoms with Gasteiger partial charge in [-0.2, -0.15) is 0 Å². The molecule has 1 aliphatic heterocycles. The molecule has 2 aromatic rings. The Balaban J connectivity index is 1.64. The van der Waals surface area contributed by atoms with Crippen molar-refractivity contribution in [2.24, 2.45) is 0 Å². The lowest BCUT2D eigenvalue weighted by atomic mass is 10.0. The summed E-state index contributed by atoms with van der Waals surface area (Å²) in [5.74, 6) is -0.345. The fourth-order valence-electron chi connectivity index (χ4n) is 2.90. The molecule has 1 heterocycles. The summed E-state index contributed by atoms with van der Waals surface area (Å²) in [6, 6.07) is 12.0. The number of fused-ring (bicyclic) bond motifs is 1. The number of rotatable bonds is 4. The average Bonchev–Trinajstić information content (AvgIpc) is 2.60. The van der Waals surface area contributed by atoms with Gasteiger partial charge in [0.2, 0.25) is 11.8 Å². The van der Waals surface area contributed by atoms with Crippen LogP contribution in [0.5, 0.6) is 0 Å². The summed E-state index contributed by atoms with van der Waals surface area (Å²) in [6.45, 7) is 2.29. The molecular formula is C19H19FN2O2S. The van der Waals surface area contributed by atoms with Crippen molar-refractivity contribution in [2.75, 3.05) is 22.5 Å². The van der Waals surface area contributed by atoms with E-state index in [1.165, 1.54) is 17.8 Å². The SMILES string of the molecule is CC(=O)N1CCCc2cc(NC(=O)CSc3ccccc3F)ccc21. The Bertz CT molecular complexity index is 810. The van der Waals surface area contributed by atoms with Crippen LogP contribution in [0, 0.1) is 5.82 Å². The zero-order chi connectivity index (χ0) is 17.8. The molecule has 0 saturated heterocycles. The maximum Gasteiger partial charge on any atom is 0.234 e. The molecule has 0 aliphatic carbocycles. The van der Waals surface area contributed by atoms with Crippen LogP contribution >= 0.6 is 11.8 Å². The third-order valence-corrected chi connectivity index (χ3v) is 5.11. The highest BCUT2D eigenvalue weighted by Gasteiger charge is 2.20. The number of thioether (sulfide) groups is 1. The number of amides is 2. The predicted molar refractivity (Wildman–Crippen MR) is 98.5 cm³/mol. The monoisotopic (exact) mass is 358 g/mol. The normalized spacial score (nSPS) is 13.3. The number of anilines is 2. The Labute approximate surface area is 150 Å². The Hall–Kier alpha value is -2.34. The number of hydrogen-bond donors (Lipinski definition) is 1. The van der Waals surface area contributed by atoms with Gasteiger partial charge in [0.1, 0.15) is 5.82 Å². The van der Waals surface area contributed by atoms with Gasteiger partial charge in [-0.3, -0.25) is 9.59 Å². The lowest BCUT2D eigenvalue weighted by Gasteiger charge is -2.29. The highest BCUT2D eigenvalue weighted by atomic mass is 32.2. The zero-order valence-electron chi connectivity index (χ0n) is 13.9. The highest BCUT2D eigenvalue weighted by molar-refractivity contribution is 8.00. The molecule has 2 amide bonds. The molecule has 0 radical (unpaired) electrons. The Morgan fingerprint density at radius 1 is 1.24 bits per heavy atom. The number of aryl methyl sites for hydroxylation is 1. The minimum atomic E-state index is -0.321. The first-order chi connectivity index (χ1) is 12.0. The molecule has 0 aromatic heterocycles. The van der Waals surface area contributed by atoms with Crippen LogP contribution in [0.3, 0.4) is 0 Å². The maximum absolute atomic E-state index is 13.6. The van der Waals surface area contributed by atoms with Crippen LogP contribution in [0.1, 0.15) is 18.9 Å². The first-order valence-electron chi connectivity index (χ1n) is 8.13. The maximum atomic E-state index is 13.6.